The molecule has 1 aromatic carbocycles. The minimum absolute atomic E-state index is 0.0253. The highest BCUT2D eigenvalue weighted by Gasteiger charge is 2.34. The van der Waals surface area contributed by atoms with Gasteiger partial charge in [-0.3, -0.25) is 4.79 Å². The summed E-state index contributed by atoms with van der Waals surface area (Å²) < 4.78 is 41.8. The molecule has 1 fully saturated rings. The van der Waals surface area contributed by atoms with Crippen molar-refractivity contribution in [3.63, 3.8) is 0 Å². The monoisotopic (exact) mass is 445 g/mol. The van der Waals surface area contributed by atoms with Crippen LogP contribution in [0.1, 0.15) is 55.1 Å². The number of carbonyl (C=O) groups is 1. The fraction of sp³-hybridized carbons (Fsp3) is 0.500. The Morgan fingerprint density at radius 3 is 2.62 bits per heavy atom. The standard InChI is InChI=1S/C20H23ClF3N3OS/c1-12-13(2)27(15-6-4-3-5-7-15)19(25-12)29-11-18(28)26-17-9-8-14(21)10-16(17)20(22,23)24/h8-10,15H,3-7,11H2,1-2H3,(H,26,28). The number of benzene rings is 1. The maximum atomic E-state index is 13.2. The van der Waals surface area contributed by atoms with E-state index in [0.717, 1.165) is 35.5 Å². The summed E-state index contributed by atoms with van der Waals surface area (Å²) in [4.78, 5) is 16.9. The van der Waals surface area contributed by atoms with E-state index in [9.17, 15) is 18.0 Å². The van der Waals surface area contributed by atoms with Crippen LogP contribution in [0.4, 0.5) is 18.9 Å². The van der Waals surface area contributed by atoms with E-state index in [-0.39, 0.29) is 16.5 Å². The van der Waals surface area contributed by atoms with Gasteiger partial charge >= 0.3 is 6.18 Å². The maximum absolute atomic E-state index is 13.2. The molecule has 1 aromatic heterocycles. The quantitative estimate of drug-likeness (QED) is 0.541. The summed E-state index contributed by atoms with van der Waals surface area (Å²) in [5.74, 6) is -0.543. The van der Waals surface area contributed by atoms with E-state index in [4.69, 9.17) is 11.6 Å². The number of anilines is 1. The van der Waals surface area contributed by atoms with Crippen molar-refractivity contribution in [3.8, 4) is 0 Å². The Bertz CT molecular complexity index is 892. The molecule has 1 aliphatic rings. The number of rotatable bonds is 5. The molecule has 4 nitrogen and oxygen atoms in total. The first-order valence-electron chi connectivity index (χ1n) is 9.51. The van der Waals surface area contributed by atoms with Gasteiger partial charge in [0, 0.05) is 16.8 Å². The van der Waals surface area contributed by atoms with E-state index in [2.05, 4.69) is 14.9 Å². The summed E-state index contributed by atoms with van der Waals surface area (Å²) in [7, 11) is 0. The normalized spacial score (nSPS) is 15.5. The van der Waals surface area contributed by atoms with Crippen LogP contribution in [0.5, 0.6) is 0 Å². The number of aromatic nitrogens is 2. The van der Waals surface area contributed by atoms with Crippen LogP contribution < -0.4 is 5.32 Å². The highest BCUT2D eigenvalue weighted by Crippen LogP contribution is 2.37. The lowest BCUT2D eigenvalue weighted by atomic mass is 9.95. The summed E-state index contributed by atoms with van der Waals surface area (Å²) in [5.41, 5.74) is 0.738. The Kier molecular flexibility index (Phi) is 6.83. The molecule has 0 atom stereocenters. The van der Waals surface area contributed by atoms with E-state index >= 15 is 0 Å². The van der Waals surface area contributed by atoms with Crippen molar-refractivity contribution in [2.45, 2.75) is 63.3 Å². The topological polar surface area (TPSA) is 46.9 Å². The van der Waals surface area contributed by atoms with Crippen molar-refractivity contribution >= 4 is 35.0 Å². The molecule has 0 aliphatic heterocycles. The molecule has 2 aromatic rings. The Morgan fingerprint density at radius 2 is 1.97 bits per heavy atom. The first-order valence-corrected chi connectivity index (χ1v) is 10.9. The zero-order valence-corrected chi connectivity index (χ0v) is 17.8. The Morgan fingerprint density at radius 1 is 1.28 bits per heavy atom. The average molecular weight is 446 g/mol. The molecule has 0 radical (unpaired) electrons. The summed E-state index contributed by atoms with van der Waals surface area (Å²) in [6, 6.07) is 3.67. The fourth-order valence-corrected chi connectivity index (χ4v) is 4.77. The third kappa shape index (κ3) is 5.28. The van der Waals surface area contributed by atoms with Crippen molar-refractivity contribution in [2.24, 2.45) is 0 Å². The summed E-state index contributed by atoms with van der Waals surface area (Å²) in [5, 5.41) is 3.07. The molecule has 1 amide bonds. The predicted octanol–water partition coefficient (Wildman–Crippen LogP) is 6.41. The van der Waals surface area contributed by atoms with E-state index in [1.165, 1.54) is 43.2 Å². The fourth-order valence-electron chi connectivity index (χ4n) is 3.64. The van der Waals surface area contributed by atoms with Crippen LogP contribution in [-0.2, 0) is 11.0 Å². The van der Waals surface area contributed by atoms with Gasteiger partial charge < -0.3 is 9.88 Å². The van der Waals surface area contributed by atoms with Gasteiger partial charge in [-0.05, 0) is 44.9 Å². The van der Waals surface area contributed by atoms with Crippen LogP contribution in [0.3, 0.4) is 0 Å². The summed E-state index contributed by atoms with van der Waals surface area (Å²) in [6.45, 7) is 3.95. The van der Waals surface area contributed by atoms with Crippen LogP contribution in [-0.4, -0.2) is 21.2 Å². The average Bonchev–Trinajstić information content (AvgIpc) is 2.95. The lowest BCUT2D eigenvalue weighted by Gasteiger charge is -2.26. The molecule has 9 heteroatoms. The first kappa shape index (κ1) is 22.0. The van der Waals surface area contributed by atoms with Crippen molar-refractivity contribution in [2.75, 3.05) is 11.1 Å². The van der Waals surface area contributed by atoms with Gasteiger partial charge in [0.05, 0.1) is 22.7 Å². The molecule has 1 N–H and O–H groups in total. The van der Waals surface area contributed by atoms with Crippen molar-refractivity contribution in [3.05, 3.63) is 40.2 Å². The van der Waals surface area contributed by atoms with Crippen molar-refractivity contribution < 1.29 is 18.0 Å². The Balaban J connectivity index is 1.72. The van der Waals surface area contributed by atoms with Crippen molar-refractivity contribution in [1.82, 2.24) is 9.55 Å². The molecule has 0 unspecified atom stereocenters. The van der Waals surface area contributed by atoms with Gasteiger partial charge in [0.15, 0.2) is 5.16 Å². The van der Waals surface area contributed by atoms with Crippen LogP contribution >= 0.6 is 23.4 Å². The summed E-state index contributed by atoms with van der Waals surface area (Å²) in [6.07, 6.45) is 1.13. The number of imidazole rings is 1. The molecule has 29 heavy (non-hydrogen) atoms. The highest BCUT2D eigenvalue weighted by molar-refractivity contribution is 7.99. The molecule has 1 saturated carbocycles. The maximum Gasteiger partial charge on any atom is 0.418 e. The molecule has 3 rings (SSSR count). The number of halogens is 4. The van der Waals surface area contributed by atoms with Gasteiger partial charge in [-0.25, -0.2) is 4.98 Å². The lowest BCUT2D eigenvalue weighted by Crippen LogP contribution is -2.19. The number of thioether (sulfide) groups is 1. The smallest absolute Gasteiger partial charge is 0.325 e. The minimum atomic E-state index is -4.61. The molecule has 158 valence electrons. The molecule has 1 heterocycles. The van der Waals surface area contributed by atoms with E-state index in [1.807, 2.05) is 13.8 Å². The highest BCUT2D eigenvalue weighted by atomic mass is 35.5. The third-order valence-electron chi connectivity index (χ3n) is 5.19. The van der Waals surface area contributed by atoms with E-state index in [0.29, 0.717) is 6.04 Å². The van der Waals surface area contributed by atoms with E-state index in [1.54, 1.807) is 0 Å². The number of aryl methyl sites for hydroxylation is 1. The molecule has 0 saturated heterocycles. The largest absolute Gasteiger partial charge is 0.418 e. The molecular formula is C20H23ClF3N3OS. The molecule has 0 bridgehead atoms. The Hall–Kier alpha value is -1.67. The number of nitrogens with one attached hydrogen (secondary N) is 1. The first-order chi connectivity index (χ1) is 13.7. The van der Waals surface area contributed by atoms with Gasteiger partial charge in [0.25, 0.3) is 0 Å². The van der Waals surface area contributed by atoms with Gasteiger partial charge in [-0.15, -0.1) is 0 Å². The van der Waals surface area contributed by atoms with Crippen LogP contribution in [0.15, 0.2) is 23.4 Å². The lowest BCUT2D eigenvalue weighted by molar-refractivity contribution is -0.137. The number of carbonyl (C=O) groups excluding carboxylic acids is 1. The van der Waals surface area contributed by atoms with Gasteiger partial charge in [-0.2, -0.15) is 13.2 Å². The summed E-state index contributed by atoms with van der Waals surface area (Å²) >= 11 is 6.93. The van der Waals surface area contributed by atoms with Crippen molar-refractivity contribution in [1.29, 1.82) is 0 Å². The van der Waals surface area contributed by atoms with Crippen LogP contribution in [0, 0.1) is 13.8 Å². The number of nitrogens with zero attached hydrogens (tertiary/aromatic N) is 2. The molecule has 1 aliphatic carbocycles. The second-order valence-corrected chi connectivity index (χ2v) is 8.63. The minimum Gasteiger partial charge on any atom is -0.325 e. The number of hydrogen-bond acceptors (Lipinski definition) is 3. The zero-order chi connectivity index (χ0) is 21.2. The van der Waals surface area contributed by atoms with Gasteiger partial charge in [0.1, 0.15) is 0 Å². The van der Waals surface area contributed by atoms with E-state index < -0.39 is 17.6 Å². The third-order valence-corrected chi connectivity index (χ3v) is 6.38. The second kappa shape index (κ2) is 9.00. The number of hydrogen-bond donors (Lipinski definition) is 1. The zero-order valence-electron chi connectivity index (χ0n) is 16.3. The van der Waals surface area contributed by atoms with Crippen LogP contribution in [0.2, 0.25) is 5.02 Å². The van der Waals surface area contributed by atoms with Gasteiger partial charge in [-0.1, -0.05) is 42.6 Å². The van der Waals surface area contributed by atoms with Gasteiger partial charge in [0.2, 0.25) is 5.91 Å². The second-order valence-electron chi connectivity index (χ2n) is 7.25. The predicted molar refractivity (Wildman–Crippen MR) is 110 cm³/mol. The molecule has 0 spiro atoms. The number of alkyl halides is 3. The molecular weight excluding hydrogens is 423 g/mol. The number of amides is 1. The van der Waals surface area contributed by atoms with Crippen LogP contribution in [0.25, 0.3) is 0 Å². The Labute approximate surface area is 177 Å². The SMILES string of the molecule is Cc1nc(SCC(=O)Nc2ccc(Cl)cc2C(F)(F)F)n(C2CCCCC2)c1C.